The third-order valence-corrected chi connectivity index (χ3v) is 0. The quantitative estimate of drug-likeness (QED) is 0.312. The van der Waals surface area contributed by atoms with Gasteiger partial charge < -0.3 is 88.9 Å². The molecule has 0 fully saturated rings. The largest absolute Gasteiger partial charge is 3.00 e. The van der Waals surface area contributed by atoms with E-state index < -0.39 is 25.4 Å². The molecule has 0 aromatic rings. The molecule has 23 heteroatoms. The zero-order chi connectivity index (χ0) is 17.9. The average molecular weight is 503 g/mol. The fraction of sp³-hybridized carbons (Fsp3) is 0. The van der Waals surface area contributed by atoms with Gasteiger partial charge in [-0.1, -0.05) is 0 Å². The monoisotopic (exact) mass is 504 g/mol. The summed E-state index contributed by atoms with van der Waals surface area (Å²) in [6.07, 6.45) is 0. The van der Waals surface area contributed by atoms with Gasteiger partial charge in [0.05, 0.1) is 25.4 Å². The fourth-order valence-electron chi connectivity index (χ4n) is 0. The maximum absolute atomic E-state index is 8.25. The summed E-state index contributed by atoms with van der Waals surface area (Å²) in [6.45, 7) is 0. The number of hydrogen-bond acceptors (Lipinski definition) is 15. The van der Waals surface area contributed by atoms with Gasteiger partial charge in [-0.3, -0.25) is 0 Å². The van der Waals surface area contributed by atoms with Gasteiger partial charge in [0, 0.05) is 0 Å². The van der Waals surface area contributed by atoms with E-state index in [1.54, 1.807) is 0 Å². The van der Waals surface area contributed by atoms with Crippen molar-refractivity contribution in [2.45, 2.75) is 0 Å². The number of quaternary nitrogens is 2. The zero-order valence-electron chi connectivity index (χ0n) is 10.7. The summed E-state index contributed by atoms with van der Waals surface area (Å²) in [5, 5.41) is 73.8. The van der Waals surface area contributed by atoms with Crippen LogP contribution in [0.5, 0.6) is 0 Å². The van der Waals surface area contributed by atoms with Crippen molar-refractivity contribution in [3.05, 3.63) is 76.6 Å². The van der Waals surface area contributed by atoms with Crippen LogP contribution in [0.3, 0.4) is 0 Å². The molecule has 1 radical (unpaired) electrons. The van der Waals surface area contributed by atoms with Crippen LogP contribution in [0, 0.1) is 117 Å². The Morgan fingerprint density at radius 1 is 0.348 bits per heavy atom. The van der Waals surface area contributed by atoms with Crippen molar-refractivity contribution in [3.63, 3.8) is 0 Å². The van der Waals surface area contributed by atoms with Gasteiger partial charge in [0.15, 0.2) is 0 Å². The first-order valence-corrected chi connectivity index (χ1v) is 2.74. The number of hydrogen-bond donors (Lipinski definition) is 2. The van der Waals surface area contributed by atoms with E-state index in [9.17, 15) is 0 Å². The van der Waals surface area contributed by atoms with E-state index in [1.165, 1.54) is 0 Å². The van der Waals surface area contributed by atoms with E-state index in [1.807, 2.05) is 0 Å². The molecule has 0 aliphatic rings. The predicted octanol–water partition coefficient (Wildman–Crippen LogP) is -0.443. The van der Waals surface area contributed by atoms with Crippen molar-refractivity contribution in [2.24, 2.45) is 0 Å². The first kappa shape index (κ1) is 50.0. The molecule has 23 heavy (non-hydrogen) atoms. The second kappa shape index (κ2) is 42.7. The summed E-state index contributed by atoms with van der Waals surface area (Å²) in [6, 6.07) is 0. The van der Waals surface area contributed by atoms with Gasteiger partial charge in [-0.2, -0.15) is 0 Å². The average Bonchev–Trinajstić information content (AvgIpc) is 1.94. The van der Waals surface area contributed by atoms with Crippen LogP contribution in [-0.4, -0.2) is 25.4 Å². The van der Waals surface area contributed by atoms with Gasteiger partial charge in [0.2, 0.25) is 0 Å². The van der Waals surface area contributed by atoms with Gasteiger partial charge in [-0.15, -0.1) is 0 Å². The third-order valence-electron chi connectivity index (χ3n) is 0. The molecule has 0 unspecified atom stereocenters. The minimum absolute atomic E-state index is 0. The van der Waals surface area contributed by atoms with Gasteiger partial charge in [-0.25, -0.2) is 0 Å². The van der Waals surface area contributed by atoms with Crippen LogP contribution < -0.4 is 12.3 Å². The standard InChI is InChI=1S/Gd.5NO3.2H3N/c;5*2-1(3)4;;/h;;;;;;2*1H3/q+3;5*-1;;/p+2. The molecule has 0 spiro atoms. The Morgan fingerprint density at radius 2 is 0.348 bits per heavy atom. The minimum atomic E-state index is -1.75. The summed E-state index contributed by atoms with van der Waals surface area (Å²) < 4.78 is 0. The molecule has 0 bridgehead atoms. The molecular weight excluding hydrogens is 495 g/mol. The maximum atomic E-state index is 8.25. The van der Waals surface area contributed by atoms with Crippen LogP contribution in [0.1, 0.15) is 0 Å². The summed E-state index contributed by atoms with van der Waals surface area (Å²) in [5.41, 5.74) is 0. The van der Waals surface area contributed by atoms with E-state index in [2.05, 4.69) is 0 Å². The second-order valence-corrected chi connectivity index (χ2v) is 1.12. The molecule has 0 aliphatic heterocycles. The Balaban J connectivity index is -0.0000000197. The normalized spacial score (nSPS) is 5.22. The first-order valence-electron chi connectivity index (χ1n) is 2.74. The smallest absolute Gasteiger partial charge is 0.369 e. The minimum Gasteiger partial charge on any atom is -0.369 e. The number of nitrogens with zero attached hydrogens (tertiary/aromatic N) is 5. The molecule has 141 valence electrons. The van der Waals surface area contributed by atoms with E-state index in [0.717, 1.165) is 0 Å². The summed E-state index contributed by atoms with van der Waals surface area (Å²) >= 11 is 0. The second-order valence-electron chi connectivity index (χ2n) is 1.12. The molecule has 0 aliphatic carbocycles. The van der Waals surface area contributed by atoms with Crippen molar-refractivity contribution in [2.75, 3.05) is 0 Å². The van der Waals surface area contributed by atoms with Crippen molar-refractivity contribution in [1.29, 1.82) is 0 Å². The first-order chi connectivity index (χ1) is 8.66. The van der Waals surface area contributed by atoms with Crippen molar-refractivity contribution >= 4 is 0 Å². The molecule has 0 aromatic carbocycles. The van der Waals surface area contributed by atoms with Gasteiger partial charge in [0.25, 0.3) is 0 Å². The molecular formula is H8GdN7O15. The summed E-state index contributed by atoms with van der Waals surface area (Å²) in [4.78, 5) is 41.2. The molecule has 0 atom stereocenters. The van der Waals surface area contributed by atoms with E-state index >= 15 is 0 Å². The Morgan fingerprint density at radius 3 is 0.348 bits per heavy atom. The molecule has 0 saturated heterocycles. The summed E-state index contributed by atoms with van der Waals surface area (Å²) in [5.74, 6) is 0. The van der Waals surface area contributed by atoms with Crippen LogP contribution in [0.4, 0.5) is 0 Å². The van der Waals surface area contributed by atoms with E-state index in [0.29, 0.717) is 0 Å². The topological polar surface area (TPSA) is 404 Å². The maximum Gasteiger partial charge on any atom is 3.00 e. The number of rotatable bonds is 0. The van der Waals surface area contributed by atoms with E-state index in [4.69, 9.17) is 76.6 Å². The van der Waals surface area contributed by atoms with Crippen LogP contribution in [0.2, 0.25) is 0 Å². The third kappa shape index (κ3) is 754. The van der Waals surface area contributed by atoms with Gasteiger partial charge in [-0.05, 0) is 0 Å². The Labute approximate surface area is 154 Å². The van der Waals surface area contributed by atoms with Crippen molar-refractivity contribution in [1.82, 2.24) is 12.3 Å². The molecule has 0 amide bonds. The SMILES string of the molecule is O=[N+]([O-])[O-].O=[N+]([O-])[O-].O=[N+]([O-])[O-].O=[N+]([O-])[O-].O=[N+]([O-])[O-].[Gd+3].[NH4+].[NH4+]. The van der Waals surface area contributed by atoms with Crippen molar-refractivity contribution < 1.29 is 65.4 Å². The zero-order valence-corrected chi connectivity index (χ0v) is 13.0. The van der Waals surface area contributed by atoms with Crippen molar-refractivity contribution in [3.8, 4) is 0 Å². The molecule has 0 rings (SSSR count). The predicted molar refractivity (Wildman–Crippen MR) is 63.8 cm³/mol. The van der Waals surface area contributed by atoms with Crippen LogP contribution in [0.25, 0.3) is 0 Å². The Hall–Kier alpha value is -2.76. The Kier molecular flexibility index (Phi) is 92.9. The van der Waals surface area contributed by atoms with Gasteiger partial charge in [0.1, 0.15) is 0 Å². The van der Waals surface area contributed by atoms with E-state index in [-0.39, 0.29) is 52.2 Å². The molecule has 0 saturated carbocycles. The van der Waals surface area contributed by atoms with Crippen LogP contribution >= 0.6 is 0 Å². The summed E-state index contributed by atoms with van der Waals surface area (Å²) in [7, 11) is 0. The molecule has 8 N–H and O–H groups in total. The molecule has 22 nitrogen and oxygen atoms in total. The Bertz CT molecular complexity index is 211. The molecule has 0 heterocycles. The fourth-order valence-corrected chi connectivity index (χ4v) is 0. The van der Waals surface area contributed by atoms with Gasteiger partial charge >= 0.3 is 39.9 Å². The van der Waals surface area contributed by atoms with Crippen LogP contribution in [-0.2, 0) is 0 Å². The van der Waals surface area contributed by atoms with Crippen LogP contribution in [0.15, 0.2) is 0 Å². The molecule has 0 aromatic heterocycles.